The van der Waals surface area contributed by atoms with Crippen LogP contribution in [-0.2, 0) is 24.4 Å². The second-order valence-corrected chi connectivity index (χ2v) is 6.50. The van der Waals surface area contributed by atoms with Gasteiger partial charge in [0.05, 0.1) is 27.4 Å². The van der Waals surface area contributed by atoms with Gasteiger partial charge in [-0.25, -0.2) is 0 Å². The van der Waals surface area contributed by atoms with Gasteiger partial charge in [-0.05, 0) is 28.8 Å². The van der Waals surface area contributed by atoms with E-state index in [1.165, 1.54) is 16.7 Å². The molecule has 0 radical (unpaired) electrons. The number of hydrogen-bond donors (Lipinski definition) is 1. The Morgan fingerprint density at radius 3 is 2.15 bits per heavy atom. The summed E-state index contributed by atoms with van der Waals surface area (Å²) in [6.07, 6.45) is 0. The summed E-state index contributed by atoms with van der Waals surface area (Å²) in [5, 5.41) is 3.48. The minimum atomic E-state index is 0.757. The van der Waals surface area contributed by atoms with Gasteiger partial charge in [0.15, 0.2) is 11.5 Å². The van der Waals surface area contributed by atoms with E-state index >= 15 is 0 Å². The van der Waals surface area contributed by atoms with Crippen LogP contribution in [0.4, 0.5) is 0 Å². The molecule has 140 valence electrons. The number of hydrogen-bond acceptors (Lipinski definition) is 5. The Labute approximate surface area is 155 Å². The van der Waals surface area contributed by atoms with E-state index in [1.54, 1.807) is 14.2 Å². The van der Waals surface area contributed by atoms with Gasteiger partial charge < -0.3 is 19.5 Å². The summed E-state index contributed by atoms with van der Waals surface area (Å²) in [4.78, 5) is 2.44. The van der Waals surface area contributed by atoms with Crippen LogP contribution in [0, 0.1) is 0 Å². The molecule has 1 heterocycles. The molecule has 0 spiro atoms. The van der Waals surface area contributed by atoms with E-state index in [0.29, 0.717) is 0 Å². The first-order valence-corrected chi connectivity index (χ1v) is 9.08. The monoisotopic (exact) mass is 356 g/mol. The molecule has 26 heavy (non-hydrogen) atoms. The minimum absolute atomic E-state index is 0.757. The first-order valence-electron chi connectivity index (χ1n) is 9.08. The van der Waals surface area contributed by atoms with Gasteiger partial charge >= 0.3 is 0 Å². The predicted octanol–water partition coefficient (Wildman–Crippen LogP) is 2.83. The average molecular weight is 356 g/mol. The normalized spacial score (nSPS) is 15.0. The third kappa shape index (κ3) is 5.21. The summed E-state index contributed by atoms with van der Waals surface area (Å²) in [5.74, 6) is 1.52. The standard InChI is InChI=1S/C21H28N2O3/c1-24-20-8-7-19(13-21(20)25-2)15-22-14-17-3-5-18(6-4-17)16-23-9-11-26-12-10-23/h3-8,13,22H,9-12,14-16H2,1-2H3. The molecule has 5 nitrogen and oxygen atoms in total. The molecular formula is C21H28N2O3. The zero-order chi connectivity index (χ0) is 18.2. The Balaban J connectivity index is 1.47. The second kappa shape index (κ2) is 9.57. The highest BCUT2D eigenvalue weighted by atomic mass is 16.5. The number of nitrogens with zero attached hydrogens (tertiary/aromatic N) is 1. The number of methoxy groups -OCH3 is 2. The van der Waals surface area contributed by atoms with Crippen LogP contribution in [-0.4, -0.2) is 45.4 Å². The van der Waals surface area contributed by atoms with E-state index in [9.17, 15) is 0 Å². The number of morpholine rings is 1. The zero-order valence-electron chi connectivity index (χ0n) is 15.7. The lowest BCUT2D eigenvalue weighted by molar-refractivity contribution is 0.0342. The molecule has 0 atom stereocenters. The van der Waals surface area contributed by atoms with Gasteiger partial charge in [0.25, 0.3) is 0 Å². The van der Waals surface area contributed by atoms with E-state index < -0.39 is 0 Å². The highest BCUT2D eigenvalue weighted by Crippen LogP contribution is 2.27. The summed E-state index contributed by atoms with van der Waals surface area (Å²) in [6.45, 7) is 6.37. The highest BCUT2D eigenvalue weighted by Gasteiger charge is 2.10. The molecule has 1 aliphatic heterocycles. The number of rotatable bonds is 8. The third-order valence-corrected chi connectivity index (χ3v) is 4.64. The molecular weight excluding hydrogens is 328 g/mol. The molecule has 1 N–H and O–H groups in total. The fraction of sp³-hybridized carbons (Fsp3) is 0.429. The number of nitrogens with one attached hydrogen (secondary N) is 1. The van der Waals surface area contributed by atoms with Crippen molar-refractivity contribution < 1.29 is 14.2 Å². The van der Waals surface area contributed by atoms with Crippen molar-refractivity contribution in [3.63, 3.8) is 0 Å². The Morgan fingerprint density at radius 1 is 0.846 bits per heavy atom. The highest BCUT2D eigenvalue weighted by molar-refractivity contribution is 5.42. The molecule has 0 unspecified atom stereocenters. The topological polar surface area (TPSA) is 43.0 Å². The van der Waals surface area contributed by atoms with Gasteiger partial charge in [0.2, 0.25) is 0 Å². The van der Waals surface area contributed by atoms with Crippen molar-refractivity contribution in [1.82, 2.24) is 10.2 Å². The Hall–Kier alpha value is -2.08. The predicted molar refractivity (Wildman–Crippen MR) is 103 cm³/mol. The van der Waals surface area contributed by atoms with Crippen molar-refractivity contribution in [1.29, 1.82) is 0 Å². The van der Waals surface area contributed by atoms with Crippen LogP contribution in [0.5, 0.6) is 11.5 Å². The summed E-state index contributed by atoms with van der Waals surface area (Å²) in [7, 11) is 3.31. The number of benzene rings is 2. The largest absolute Gasteiger partial charge is 0.493 e. The van der Waals surface area contributed by atoms with E-state index in [0.717, 1.165) is 57.4 Å². The van der Waals surface area contributed by atoms with Crippen LogP contribution in [0.3, 0.4) is 0 Å². The van der Waals surface area contributed by atoms with Crippen molar-refractivity contribution >= 4 is 0 Å². The van der Waals surface area contributed by atoms with Gasteiger partial charge in [0, 0.05) is 32.7 Å². The molecule has 1 saturated heterocycles. The van der Waals surface area contributed by atoms with Crippen molar-refractivity contribution in [3.05, 3.63) is 59.2 Å². The Kier molecular flexibility index (Phi) is 6.89. The first-order chi connectivity index (χ1) is 12.8. The summed E-state index contributed by atoms with van der Waals surface area (Å²) >= 11 is 0. The molecule has 5 heteroatoms. The molecule has 2 aromatic rings. The fourth-order valence-corrected chi connectivity index (χ4v) is 3.12. The lowest BCUT2D eigenvalue weighted by Gasteiger charge is -2.26. The van der Waals surface area contributed by atoms with E-state index in [2.05, 4.69) is 40.5 Å². The lowest BCUT2D eigenvalue weighted by atomic mass is 10.1. The van der Waals surface area contributed by atoms with Crippen LogP contribution in [0.25, 0.3) is 0 Å². The van der Waals surface area contributed by atoms with Gasteiger partial charge in [-0.2, -0.15) is 0 Å². The summed E-state index contributed by atoms with van der Waals surface area (Å²) < 4.78 is 16.0. The molecule has 0 bridgehead atoms. The van der Waals surface area contributed by atoms with Crippen LogP contribution >= 0.6 is 0 Å². The minimum Gasteiger partial charge on any atom is -0.493 e. The fourth-order valence-electron chi connectivity index (χ4n) is 3.12. The van der Waals surface area contributed by atoms with Crippen molar-refractivity contribution in [2.45, 2.75) is 19.6 Å². The van der Waals surface area contributed by atoms with Crippen LogP contribution in [0.1, 0.15) is 16.7 Å². The van der Waals surface area contributed by atoms with E-state index in [4.69, 9.17) is 14.2 Å². The molecule has 0 aliphatic carbocycles. The second-order valence-electron chi connectivity index (χ2n) is 6.50. The zero-order valence-corrected chi connectivity index (χ0v) is 15.7. The van der Waals surface area contributed by atoms with Crippen molar-refractivity contribution in [3.8, 4) is 11.5 Å². The Bertz CT molecular complexity index is 682. The molecule has 1 aliphatic rings. The van der Waals surface area contributed by atoms with Crippen LogP contribution in [0.2, 0.25) is 0 Å². The molecule has 0 amide bonds. The van der Waals surface area contributed by atoms with Gasteiger partial charge in [-0.1, -0.05) is 30.3 Å². The number of ether oxygens (including phenoxy) is 3. The average Bonchev–Trinajstić information content (AvgIpc) is 2.70. The van der Waals surface area contributed by atoms with E-state index in [1.807, 2.05) is 12.1 Å². The van der Waals surface area contributed by atoms with Crippen molar-refractivity contribution in [2.75, 3.05) is 40.5 Å². The first kappa shape index (κ1) is 18.7. The maximum Gasteiger partial charge on any atom is 0.161 e. The Morgan fingerprint density at radius 2 is 1.46 bits per heavy atom. The van der Waals surface area contributed by atoms with Gasteiger partial charge in [0.1, 0.15) is 0 Å². The van der Waals surface area contributed by atoms with E-state index in [-0.39, 0.29) is 0 Å². The maximum absolute atomic E-state index is 5.40. The van der Waals surface area contributed by atoms with Crippen molar-refractivity contribution in [2.24, 2.45) is 0 Å². The molecule has 3 rings (SSSR count). The third-order valence-electron chi connectivity index (χ3n) is 4.64. The summed E-state index contributed by atoms with van der Waals surface area (Å²) in [5.41, 5.74) is 3.82. The van der Waals surface area contributed by atoms with Gasteiger partial charge in [-0.3, -0.25) is 4.90 Å². The SMILES string of the molecule is COc1ccc(CNCc2ccc(CN3CCOCC3)cc2)cc1OC. The quantitative estimate of drug-likeness (QED) is 0.788. The van der Waals surface area contributed by atoms with Crippen LogP contribution < -0.4 is 14.8 Å². The molecule has 0 aromatic heterocycles. The molecule has 0 saturated carbocycles. The lowest BCUT2D eigenvalue weighted by Crippen LogP contribution is -2.35. The smallest absolute Gasteiger partial charge is 0.161 e. The maximum atomic E-state index is 5.40. The summed E-state index contributed by atoms with van der Waals surface area (Å²) in [6, 6.07) is 14.9. The van der Waals surface area contributed by atoms with Crippen LogP contribution in [0.15, 0.2) is 42.5 Å². The molecule has 1 fully saturated rings. The van der Waals surface area contributed by atoms with Gasteiger partial charge in [-0.15, -0.1) is 0 Å². The molecule has 2 aromatic carbocycles.